The van der Waals surface area contributed by atoms with Gasteiger partial charge >= 0.3 is 5.97 Å². The predicted molar refractivity (Wildman–Crippen MR) is 153 cm³/mol. The minimum Gasteiger partial charge on any atom is -0.480 e. The number of ether oxygens (including phenoxy) is 11. The molecule has 0 aliphatic rings. The minimum absolute atomic E-state index is 0.299. The van der Waals surface area contributed by atoms with Gasteiger partial charge in [-0.2, -0.15) is 0 Å². The lowest BCUT2D eigenvalue weighted by Gasteiger charge is -2.09. The molecule has 15 nitrogen and oxygen atoms in total. The molecule has 0 aliphatic heterocycles. The quantitative estimate of drug-likeness (QED) is 0.0658. The fraction of sp³-hybridized carbons (Fsp3) is 0.923. The first kappa shape index (κ1) is 41.0. The Hall–Kier alpha value is -1.02. The standard InChI is InChI=1S/C26H50BrNO14/c27-1-3-32-5-7-34-9-11-36-13-15-38-17-19-40-21-22-41-20-18-39-16-14-37-12-10-35-8-6-33-4-2-28-25(29)23-42-24-26(30)31/h1-24H2,(H,28,29)(H,30,31). The van der Waals surface area contributed by atoms with E-state index in [4.69, 9.17) is 52.5 Å². The van der Waals surface area contributed by atoms with Crippen LogP contribution in [0.25, 0.3) is 0 Å². The van der Waals surface area contributed by atoms with Gasteiger partial charge in [-0.15, -0.1) is 0 Å². The zero-order chi connectivity index (χ0) is 30.6. The lowest BCUT2D eigenvalue weighted by atomic mass is 10.6. The lowest BCUT2D eigenvalue weighted by Crippen LogP contribution is -2.31. The molecular formula is C26H50BrNO14. The molecule has 0 bridgehead atoms. The van der Waals surface area contributed by atoms with Crippen molar-refractivity contribution in [1.29, 1.82) is 0 Å². The molecule has 0 spiro atoms. The molecule has 0 saturated carbocycles. The molecule has 0 aromatic carbocycles. The van der Waals surface area contributed by atoms with Crippen LogP contribution in [0.15, 0.2) is 0 Å². The van der Waals surface area contributed by atoms with Gasteiger partial charge in [0, 0.05) is 11.9 Å². The smallest absolute Gasteiger partial charge is 0.329 e. The van der Waals surface area contributed by atoms with Gasteiger partial charge in [0.15, 0.2) is 0 Å². The highest BCUT2D eigenvalue weighted by atomic mass is 79.9. The van der Waals surface area contributed by atoms with Crippen LogP contribution in [0.3, 0.4) is 0 Å². The molecular weight excluding hydrogens is 630 g/mol. The van der Waals surface area contributed by atoms with Crippen molar-refractivity contribution in [2.24, 2.45) is 0 Å². The topological polar surface area (TPSA) is 168 Å². The van der Waals surface area contributed by atoms with Crippen LogP contribution in [0.1, 0.15) is 0 Å². The van der Waals surface area contributed by atoms with E-state index in [1.807, 2.05) is 0 Å². The highest BCUT2D eigenvalue weighted by molar-refractivity contribution is 9.09. The van der Waals surface area contributed by atoms with Crippen molar-refractivity contribution >= 4 is 27.8 Å². The zero-order valence-corrected chi connectivity index (χ0v) is 26.2. The van der Waals surface area contributed by atoms with Crippen LogP contribution in [0.4, 0.5) is 0 Å². The molecule has 42 heavy (non-hydrogen) atoms. The van der Waals surface area contributed by atoms with Crippen LogP contribution < -0.4 is 5.32 Å². The number of carboxylic acids is 1. The SMILES string of the molecule is O=C(O)COCC(=O)NCCOCCOCCOCCOCCOCCOCCOCCOCCOCCOCCBr. The predicted octanol–water partition coefficient (Wildman–Crippen LogP) is -0.235. The first-order chi connectivity index (χ1) is 20.7. The third-order valence-corrected chi connectivity index (χ3v) is 4.92. The largest absolute Gasteiger partial charge is 0.480 e. The minimum atomic E-state index is -1.12. The summed E-state index contributed by atoms with van der Waals surface area (Å²) in [5.41, 5.74) is 0. The lowest BCUT2D eigenvalue weighted by molar-refractivity contribution is -0.143. The molecule has 0 aliphatic carbocycles. The highest BCUT2D eigenvalue weighted by Gasteiger charge is 2.03. The molecule has 2 N–H and O–H groups in total. The number of hydrogen-bond donors (Lipinski definition) is 2. The van der Waals surface area contributed by atoms with Crippen LogP contribution in [0.5, 0.6) is 0 Å². The first-order valence-electron chi connectivity index (χ1n) is 14.1. The monoisotopic (exact) mass is 679 g/mol. The Bertz CT molecular complexity index is 579. The maximum absolute atomic E-state index is 11.3. The normalized spacial score (nSPS) is 11.3. The summed E-state index contributed by atoms with van der Waals surface area (Å²) in [6.45, 7) is 9.32. The summed E-state index contributed by atoms with van der Waals surface area (Å²) in [6.07, 6.45) is 0. The van der Waals surface area contributed by atoms with Gasteiger partial charge in [-0.25, -0.2) is 4.79 Å². The van der Waals surface area contributed by atoms with Gasteiger partial charge in [0.25, 0.3) is 0 Å². The number of carbonyl (C=O) groups is 2. The number of hydrogen-bond acceptors (Lipinski definition) is 13. The third kappa shape index (κ3) is 37.0. The summed E-state index contributed by atoms with van der Waals surface area (Å²) in [6, 6.07) is 0. The summed E-state index contributed by atoms with van der Waals surface area (Å²) < 4.78 is 58.6. The summed E-state index contributed by atoms with van der Waals surface area (Å²) in [5.74, 6) is -1.52. The fourth-order valence-electron chi connectivity index (χ4n) is 2.68. The van der Waals surface area contributed by atoms with E-state index in [2.05, 4.69) is 26.0 Å². The van der Waals surface area contributed by atoms with E-state index < -0.39 is 18.5 Å². The summed E-state index contributed by atoms with van der Waals surface area (Å²) in [5, 5.41) is 11.8. The van der Waals surface area contributed by atoms with Gasteiger partial charge in [0.1, 0.15) is 13.2 Å². The Morgan fingerprint density at radius 1 is 0.429 bits per heavy atom. The Balaban J connectivity index is 3.08. The van der Waals surface area contributed by atoms with Gasteiger partial charge in [0.2, 0.25) is 5.91 Å². The highest BCUT2D eigenvalue weighted by Crippen LogP contribution is 1.87. The average molecular weight is 681 g/mol. The fourth-order valence-corrected chi connectivity index (χ4v) is 2.91. The molecule has 0 radical (unpaired) electrons. The first-order valence-corrected chi connectivity index (χ1v) is 15.2. The van der Waals surface area contributed by atoms with Gasteiger partial charge in [-0.3, -0.25) is 4.79 Å². The van der Waals surface area contributed by atoms with E-state index in [1.165, 1.54) is 0 Å². The number of nitrogens with one attached hydrogen (secondary N) is 1. The molecule has 0 heterocycles. The van der Waals surface area contributed by atoms with Gasteiger partial charge < -0.3 is 62.5 Å². The van der Waals surface area contributed by atoms with Crippen molar-refractivity contribution in [2.75, 3.05) is 157 Å². The second-order valence-corrected chi connectivity index (χ2v) is 8.84. The molecule has 1 amide bonds. The second-order valence-electron chi connectivity index (χ2n) is 8.05. The van der Waals surface area contributed by atoms with Gasteiger partial charge in [-0.05, 0) is 0 Å². The van der Waals surface area contributed by atoms with Crippen LogP contribution in [-0.2, 0) is 61.7 Å². The van der Waals surface area contributed by atoms with Crippen molar-refractivity contribution in [2.45, 2.75) is 0 Å². The maximum Gasteiger partial charge on any atom is 0.329 e. The average Bonchev–Trinajstić information content (AvgIpc) is 2.97. The number of amides is 1. The summed E-state index contributed by atoms with van der Waals surface area (Å²) in [7, 11) is 0. The van der Waals surface area contributed by atoms with E-state index in [-0.39, 0.29) is 6.61 Å². The number of carboxylic acid groups (broad SMARTS) is 1. The Morgan fingerprint density at radius 3 is 1.00 bits per heavy atom. The molecule has 0 rings (SSSR count). The molecule has 0 saturated heterocycles. The van der Waals surface area contributed by atoms with Crippen molar-refractivity contribution in [3.63, 3.8) is 0 Å². The van der Waals surface area contributed by atoms with Crippen molar-refractivity contribution in [1.82, 2.24) is 5.32 Å². The number of alkyl halides is 1. The zero-order valence-electron chi connectivity index (χ0n) is 24.6. The van der Waals surface area contributed by atoms with Gasteiger partial charge in [0.05, 0.1) is 132 Å². The maximum atomic E-state index is 11.3. The third-order valence-electron chi connectivity index (χ3n) is 4.60. The van der Waals surface area contributed by atoms with E-state index in [0.29, 0.717) is 139 Å². The van der Waals surface area contributed by atoms with Crippen LogP contribution in [0.2, 0.25) is 0 Å². The van der Waals surface area contributed by atoms with Gasteiger partial charge in [-0.1, -0.05) is 15.9 Å². The van der Waals surface area contributed by atoms with Crippen LogP contribution in [-0.4, -0.2) is 174 Å². The van der Waals surface area contributed by atoms with Crippen LogP contribution >= 0.6 is 15.9 Å². The molecule has 0 aromatic heterocycles. The summed E-state index contributed by atoms with van der Waals surface area (Å²) >= 11 is 3.29. The Kier molecular flexibility index (Phi) is 35.3. The Labute approximate surface area is 257 Å². The van der Waals surface area contributed by atoms with E-state index in [0.717, 1.165) is 5.33 Å². The second kappa shape index (κ2) is 36.2. The molecule has 0 aromatic rings. The van der Waals surface area contributed by atoms with Crippen molar-refractivity contribution in [3.05, 3.63) is 0 Å². The summed E-state index contributed by atoms with van der Waals surface area (Å²) in [4.78, 5) is 21.6. The van der Waals surface area contributed by atoms with E-state index >= 15 is 0 Å². The van der Waals surface area contributed by atoms with Crippen LogP contribution in [0, 0.1) is 0 Å². The van der Waals surface area contributed by atoms with E-state index in [9.17, 15) is 9.59 Å². The molecule has 16 heteroatoms. The number of aliphatic carboxylic acids is 1. The molecule has 250 valence electrons. The molecule has 0 fully saturated rings. The molecule has 0 atom stereocenters. The number of rotatable bonds is 36. The van der Waals surface area contributed by atoms with Crippen molar-refractivity contribution in [3.8, 4) is 0 Å². The van der Waals surface area contributed by atoms with Crippen molar-refractivity contribution < 1.29 is 66.8 Å². The number of carbonyl (C=O) groups excluding carboxylic acids is 1. The van der Waals surface area contributed by atoms with E-state index in [1.54, 1.807) is 0 Å². The number of halogens is 1. The Morgan fingerprint density at radius 2 is 0.714 bits per heavy atom. The molecule has 0 unspecified atom stereocenters.